The first kappa shape index (κ1) is 30.9. The topological polar surface area (TPSA) is 189 Å². The molecule has 1 heterocycles. The van der Waals surface area contributed by atoms with Crippen molar-refractivity contribution in [3.63, 3.8) is 0 Å². The van der Waals surface area contributed by atoms with Gasteiger partial charge in [0.1, 0.15) is 5.75 Å². The summed E-state index contributed by atoms with van der Waals surface area (Å²) < 4.78 is 28.2. The van der Waals surface area contributed by atoms with Gasteiger partial charge in [0, 0.05) is 12.5 Å². The average molecular weight is 583 g/mol. The number of carbonyl (C=O) groups is 3. The van der Waals surface area contributed by atoms with Crippen LogP contribution in [0.5, 0.6) is 5.75 Å². The highest BCUT2D eigenvalue weighted by molar-refractivity contribution is 7.89. The van der Waals surface area contributed by atoms with E-state index in [0.29, 0.717) is 6.42 Å². The van der Waals surface area contributed by atoms with Crippen LogP contribution in [0.15, 0.2) is 88.9 Å². The van der Waals surface area contributed by atoms with E-state index in [1.165, 1.54) is 12.1 Å². The van der Waals surface area contributed by atoms with Gasteiger partial charge in [-0.3, -0.25) is 4.79 Å². The number of benzene rings is 3. The van der Waals surface area contributed by atoms with Gasteiger partial charge in [-0.25, -0.2) is 28.2 Å². The molecule has 0 aliphatic carbocycles. The molecular formula is C28H30N4O8S. The number of methoxy groups -OCH3 is 1. The number of nitrogens with two attached hydrogens (primary N) is 1. The molecule has 0 saturated carbocycles. The van der Waals surface area contributed by atoms with Crippen LogP contribution < -0.4 is 15.2 Å². The molecule has 2 unspecified atom stereocenters. The number of primary sulfonamides is 1. The van der Waals surface area contributed by atoms with Gasteiger partial charge < -0.3 is 20.3 Å². The second kappa shape index (κ2) is 13.7. The molecule has 1 aliphatic heterocycles. The zero-order chi connectivity index (χ0) is 30.2. The molecule has 3 aromatic carbocycles. The lowest BCUT2D eigenvalue weighted by Crippen LogP contribution is -2.36. The Morgan fingerprint density at radius 1 is 1.00 bits per heavy atom. The highest BCUT2D eigenvalue weighted by Gasteiger charge is 2.33. The van der Waals surface area contributed by atoms with Gasteiger partial charge in [-0.2, -0.15) is 5.10 Å². The maximum atomic E-state index is 13.3. The molecule has 1 amide bonds. The Kier molecular flexibility index (Phi) is 10.3. The molecule has 0 spiro atoms. The predicted molar refractivity (Wildman–Crippen MR) is 150 cm³/mol. The number of hydrazone groups is 1. The van der Waals surface area contributed by atoms with Crippen molar-refractivity contribution < 1.29 is 37.8 Å². The van der Waals surface area contributed by atoms with Crippen molar-refractivity contribution in [2.75, 3.05) is 13.7 Å². The maximum absolute atomic E-state index is 13.3. The van der Waals surface area contributed by atoms with Gasteiger partial charge in [0.2, 0.25) is 10.0 Å². The Morgan fingerprint density at radius 2 is 1.59 bits per heavy atom. The molecule has 4 rings (SSSR count). The molecule has 0 aromatic heterocycles. The number of carboxylic acid groups (broad SMARTS) is 2. The zero-order valence-electron chi connectivity index (χ0n) is 22.3. The smallest absolute Gasteiger partial charge is 0.414 e. The summed E-state index contributed by atoms with van der Waals surface area (Å²) in [5, 5.41) is 29.4. The average Bonchev–Trinajstić information content (AvgIpc) is 3.42. The molecule has 0 bridgehead atoms. The van der Waals surface area contributed by atoms with Gasteiger partial charge in [0.05, 0.1) is 30.3 Å². The monoisotopic (exact) mass is 582 g/mol. The highest BCUT2D eigenvalue weighted by atomic mass is 32.2. The summed E-state index contributed by atoms with van der Waals surface area (Å²) in [6.45, 7) is 1.97. The highest BCUT2D eigenvalue weighted by Crippen LogP contribution is 2.33. The van der Waals surface area contributed by atoms with E-state index in [2.05, 4.69) is 5.32 Å². The molecule has 2 atom stereocenters. The summed E-state index contributed by atoms with van der Waals surface area (Å²) in [7, 11) is -2.13. The van der Waals surface area contributed by atoms with Gasteiger partial charge in [-0.05, 0) is 47.9 Å². The second-order valence-corrected chi connectivity index (χ2v) is 10.5. The summed E-state index contributed by atoms with van der Waals surface area (Å²) in [5.41, 5.74) is 3.65. The molecule has 12 nitrogen and oxygen atoms in total. The third-order valence-corrected chi connectivity index (χ3v) is 7.15. The maximum Gasteiger partial charge on any atom is 0.414 e. The molecule has 1 aliphatic rings. The van der Waals surface area contributed by atoms with E-state index in [0.717, 1.165) is 28.2 Å². The summed E-state index contributed by atoms with van der Waals surface area (Å²) in [5.74, 6) is -3.06. The Hall–Kier alpha value is -4.59. The van der Waals surface area contributed by atoms with Crippen molar-refractivity contribution in [1.29, 1.82) is 0 Å². The van der Waals surface area contributed by atoms with E-state index in [9.17, 15) is 13.2 Å². The minimum absolute atomic E-state index is 0.0479. The number of hydrogen-bond acceptors (Lipinski definition) is 8. The quantitative estimate of drug-likeness (QED) is 0.289. The third-order valence-electron chi connectivity index (χ3n) is 6.22. The van der Waals surface area contributed by atoms with Crippen molar-refractivity contribution >= 4 is 33.6 Å². The molecular weight excluding hydrogens is 552 g/mol. The molecule has 13 heteroatoms. The van der Waals surface area contributed by atoms with Crippen LogP contribution in [0.25, 0.3) is 0 Å². The number of amides is 1. The first-order valence-corrected chi connectivity index (χ1v) is 13.9. The number of sulfonamides is 1. The Morgan fingerprint density at radius 3 is 2.10 bits per heavy atom. The van der Waals surface area contributed by atoms with Crippen LogP contribution in [0.3, 0.4) is 0 Å². The minimum Gasteiger partial charge on any atom is -0.497 e. The first-order valence-electron chi connectivity index (χ1n) is 12.3. The number of nitrogens with zero attached hydrogens (tertiary/aromatic N) is 2. The number of ether oxygens (including phenoxy) is 1. The van der Waals surface area contributed by atoms with Gasteiger partial charge in [-0.15, -0.1) is 0 Å². The number of carbonyl (C=O) groups excluding carboxylic acids is 1. The summed E-state index contributed by atoms with van der Waals surface area (Å²) in [6.07, 6.45) is 0.604. The van der Waals surface area contributed by atoms with E-state index in [4.69, 9.17) is 34.8 Å². The lowest BCUT2D eigenvalue weighted by molar-refractivity contribution is -0.159. The Bertz CT molecular complexity index is 1500. The fourth-order valence-electron chi connectivity index (χ4n) is 4.02. The van der Waals surface area contributed by atoms with Crippen molar-refractivity contribution in [2.45, 2.75) is 30.3 Å². The molecule has 41 heavy (non-hydrogen) atoms. The fourth-order valence-corrected chi connectivity index (χ4v) is 4.53. The minimum atomic E-state index is -3.75. The van der Waals surface area contributed by atoms with Crippen LogP contribution >= 0.6 is 0 Å². The van der Waals surface area contributed by atoms with Crippen LogP contribution in [0.1, 0.15) is 42.1 Å². The van der Waals surface area contributed by atoms with Gasteiger partial charge >= 0.3 is 11.9 Å². The number of carboxylic acids is 2. The van der Waals surface area contributed by atoms with Crippen LogP contribution in [0, 0.1) is 0 Å². The molecule has 5 N–H and O–H groups in total. The van der Waals surface area contributed by atoms with Crippen molar-refractivity contribution in [1.82, 2.24) is 10.3 Å². The fraction of sp³-hybridized carbons (Fsp3) is 0.214. The van der Waals surface area contributed by atoms with E-state index in [-0.39, 0.29) is 29.4 Å². The normalized spacial score (nSPS) is 15.2. The van der Waals surface area contributed by atoms with Crippen LogP contribution in [0.4, 0.5) is 0 Å². The standard InChI is InChI=1S/C26H28N4O4S.C2H2O4/c1-18(19-10-14-23(15-11-19)35(27,32)33)28-17-26(31)30-25(21-8-12-22(34-2)13-9-21)16-24(29-30)20-6-4-3-5-7-20;3-1(4)2(5)6/h3-15,18,25,28H,16-17H2,1-2H3,(H2,27,32,33);(H,3,4)(H,5,6). The van der Waals surface area contributed by atoms with Crippen molar-refractivity contribution in [3.05, 3.63) is 95.6 Å². The zero-order valence-corrected chi connectivity index (χ0v) is 23.1. The van der Waals surface area contributed by atoms with E-state index < -0.39 is 22.0 Å². The molecule has 0 radical (unpaired) electrons. The van der Waals surface area contributed by atoms with Crippen LogP contribution in [-0.2, 0) is 24.4 Å². The van der Waals surface area contributed by atoms with Gasteiger partial charge in [-0.1, -0.05) is 54.6 Å². The lowest BCUT2D eigenvalue weighted by atomic mass is 9.98. The number of hydrogen-bond donors (Lipinski definition) is 4. The summed E-state index contributed by atoms with van der Waals surface area (Å²) in [6, 6.07) is 23.4. The SMILES string of the molecule is COc1ccc(C2CC(c3ccccc3)=NN2C(=O)CNC(C)c2ccc(S(N)(=O)=O)cc2)cc1.O=C(O)C(=O)O. The van der Waals surface area contributed by atoms with Crippen LogP contribution in [-0.4, -0.2) is 60.9 Å². The molecule has 0 fully saturated rings. The second-order valence-electron chi connectivity index (χ2n) is 8.97. The number of nitrogens with one attached hydrogen (secondary N) is 1. The lowest BCUT2D eigenvalue weighted by Gasteiger charge is -2.23. The summed E-state index contributed by atoms with van der Waals surface area (Å²) in [4.78, 5) is 31.5. The predicted octanol–water partition coefficient (Wildman–Crippen LogP) is 2.53. The van der Waals surface area contributed by atoms with E-state index >= 15 is 0 Å². The van der Waals surface area contributed by atoms with E-state index in [1.54, 1.807) is 24.3 Å². The van der Waals surface area contributed by atoms with Crippen molar-refractivity contribution in [2.24, 2.45) is 10.2 Å². The van der Waals surface area contributed by atoms with Crippen LogP contribution in [0.2, 0.25) is 0 Å². The van der Waals surface area contributed by atoms with Gasteiger partial charge in [0.25, 0.3) is 5.91 Å². The molecule has 3 aromatic rings. The largest absolute Gasteiger partial charge is 0.497 e. The number of aliphatic carboxylic acids is 2. The Labute approximate surface area is 237 Å². The Balaban J connectivity index is 0.000000696. The summed E-state index contributed by atoms with van der Waals surface area (Å²) >= 11 is 0. The van der Waals surface area contributed by atoms with Gasteiger partial charge in [0.15, 0.2) is 0 Å². The molecule has 0 saturated heterocycles. The van der Waals surface area contributed by atoms with E-state index in [1.807, 2.05) is 61.5 Å². The number of rotatable bonds is 8. The molecule has 216 valence electrons. The van der Waals surface area contributed by atoms with Crippen molar-refractivity contribution in [3.8, 4) is 5.75 Å². The first-order chi connectivity index (χ1) is 19.4. The third kappa shape index (κ3) is 8.45.